The van der Waals surface area contributed by atoms with Gasteiger partial charge >= 0.3 is 0 Å². The van der Waals surface area contributed by atoms with E-state index in [0.717, 1.165) is 17.7 Å². The SMILES string of the molecule is Cc1cc(F)ccc1S(=O)(=O)Nc1ccccc1C(=O)N(CCO)Cc1ccccc1. The summed E-state index contributed by atoms with van der Waals surface area (Å²) in [5.41, 5.74) is 1.38. The van der Waals surface area contributed by atoms with E-state index in [4.69, 9.17) is 0 Å². The lowest BCUT2D eigenvalue weighted by molar-refractivity contribution is 0.0709. The number of anilines is 1. The summed E-state index contributed by atoms with van der Waals surface area (Å²) in [7, 11) is -4.05. The molecular weight excluding hydrogens is 419 g/mol. The summed E-state index contributed by atoms with van der Waals surface area (Å²) >= 11 is 0. The lowest BCUT2D eigenvalue weighted by atomic mass is 10.1. The topological polar surface area (TPSA) is 86.7 Å². The third-order valence-electron chi connectivity index (χ3n) is 4.70. The van der Waals surface area contributed by atoms with E-state index in [2.05, 4.69) is 4.72 Å². The Morgan fingerprint density at radius 2 is 1.71 bits per heavy atom. The summed E-state index contributed by atoms with van der Waals surface area (Å²) in [6, 6.07) is 18.9. The van der Waals surface area contributed by atoms with E-state index >= 15 is 0 Å². The first-order valence-corrected chi connectivity index (χ1v) is 11.1. The fourth-order valence-electron chi connectivity index (χ4n) is 3.22. The van der Waals surface area contributed by atoms with Crippen molar-refractivity contribution in [2.75, 3.05) is 17.9 Å². The van der Waals surface area contributed by atoms with Gasteiger partial charge in [-0.3, -0.25) is 9.52 Å². The summed E-state index contributed by atoms with van der Waals surface area (Å²) < 4.78 is 41.6. The molecule has 0 bridgehead atoms. The molecule has 8 heteroatoms. The Morgan fingerprint density at radius 1 is 1.03 bits per heavy atom. The Kier molecular flexibility index (Phi) is 7.04. The number of benzene rings is 3. The third kappa shape index (κ3) is 5.48. The van der Waals surface area contributed by atoms with E-state index < -0.39 is 21.7 Å². The summed E-state index contributed by atoms with van der Waals surface area (Å²) in [6.07, 6.45) is 0. The molecule has 0 saturated carbocycles. The molecule has 0 unspecified atom stereocenters. The van der Waals surface area contributed by atoms with E-state index in [1.165, 1.54) is 30.0 Å². The second kappa shape index (κ2) is 9.72. The lowest BCUT2D eigenvalue weighted by Crippen LogP contribution is -2.33. The number of para-hydroxylation sites is 1. The molecule has 0 heterocycles. The van der Waals surface area contributed by atoms with Crippen LogP contribution in [0.1, 0.15) is 21.5 Å². The van der Waals surface area contributed by atoms with E-state index in [9.17, 15) is 22.7 Å². The van der Waals surface area contributed by atoms with Crippen LogP contribution in [0, 0.1) is 12.7 Å². The number of rotatable bonds is 8. The van der Waals surface area contributed by atoms with Crippen molar-refractivity contribution in [2.45, 2.75) is 18.4 Å². The van der Waals surface area contributed by atoms with Crippen molar-refractivity contribution in [2.24, 2.45) is 0 Å². The van der Waals surface area contributed by atoms with Gasteiger partial charge in [-0.05, 0) is 48.4 Å². The summed E-state index contributed by atoms with van der Waals surface area (Å²) in [5.74, 6) is -0.959. The van der Waals surface area contributed by atoms with Crippen LogP contribution in [0.4, 0.5) is 10.1 Å². The third-order valence-corrected chi connectivity index (χ3v) is 6.23. The Balaban J connectivity index is 1.92. The molecule has 0 aliphatic heterocycles. The molecule has 0 saturated heterocycles. The second-order valence-electron chi connectivity index (χ2n) is 7.00. The largest absolute Gasteiger partial charge is 0.395 e. The maximum absolute atomic E-state index is 13.4. The maximum atomic E-state index is 13.4. The summed E-state index contributed by atoms with van der Waals surface area (Å²) in [6.45, 7) is 1.61. The van der Waals surface area contributed by atoms with Gasteiger partial charge in [0.05, 0.1) is 22.8 Å². The van der Waals surface area contributed by atoms with Crippen LogP contribution in [0.15, 0.2) is 77.7 Å². The highest BCUT2D eigenvalue weighted by Gasteiger charge is 2.23. The van der Waals surface area contributed by atoms with Crippen molar-refractivity contribution < 1.29 is 22.7 Å². The minimum Gasteiger partial charge on any atom is -0.395 e. The first-order valence-electron chi connectivity index (χ1n) is 9.64. The van der Waals surface area contributed by atoms with Gasteiger partial charge in [0.1, 0.15) is 5.82 Å². The average molecular weight is 443 g/mol. The number of halogens is 1. The quantitative estimate of drug-likeness (QED) is 0.558. The highest BCUT2D eigenvalue weighted by atomic mass is 32.2. The number of nitrogens with zero attached hydrogens (tertiary/aromatic N) is 1. The van der Waals surface area contributed by atoms with Crippen LogP contribution in [0.5, 0.6) is 0 Å². The van der Waals surface area contributed by atoms with Crippen LogP contribution in [0.25, 0.3) is 0 Å². The molecule has 3 aromatic carbocycles. The molecule has 0 fully saturated rings. The number of carbonyl (C=O) groups excluding carboxylic acids is 1. The van der Waals surface area contributed by atoms with Gasteiger partial charge < -0.3 is 10.0 Å². The molecule has 3 aromatic rings. The number of aryl methyl sites for hydroxylation is 1. The van der Waals surface area contributed by atoms with Crippen molar-refractivity contribution in [3.63, 3.8) is 0 Å². The van der Waals surface area contributed by atoms with Gasteiger partial charge in [0.25, 0.3) is 15.9 Å². The molecule has 0 aliphatic carbocycles. The second-order valence-corrected chi connectivity index (χ2v) is 8.65. The molecule has 2 N–H and O–H groups in total. The van der Waals surface area contributed by atoms with Crippen LogP contribution >= 0.6 is 0 Å². The highest BCUT2D eigenvalue weighted by molar-refractivity contribution is 7.92. The Labute approximate surface area is 181 Å². The van der Waals surface area contributed by atoms with Gasteiger partial charge in [-0.25, -0.2) is 12.8 Å². The fraction of sp³-hybridized carbons (Fsp3) is 0.174. The van der Waals surface area contributed by atoms with Gasteiger partial charge in [0.15, 0.2) is 0 Å². The zero-order valence-corrected chi connectivity index (χ0v) is 17.8. The number of amides is 1. The summed E-state index contributed by atoms with van der Waals surface area (Å²) in [4.78, 5) is 14.6. The molecule has 31 heavy (non-hydrogen) atoms. The van der Waals surface area contributed by atoms with E-state index in [1.54, 1.807) is 12.1 Å². The molecule has 0 aliphatic rings. The van der Waals surface area contributed by atoms with Gasteiger partial charge in [-0.1, -0.05) is 42.5 Å². The Hall–Kier alpha value is -3.23. The zero-order valence-electron chi connectivity index (χ0n) is 17.0. The molecular formula is C23H23FN2O4S. The number of hydrogen-bond donors (Lipinski definition) is 2. The molecule has 0 radical (unpaired) electrons. The van der Waals surface area contributed by atoms with Crippen LogP contribution in [-0.4, -0.2) is 37.5 Å². The van der Waals surface area contributed by atoms with Crippen molar-refractivity contribution in [1.29, 1.82) is 0 Å². The van der Waals surface area contributed by atoms with E-state index in [-0.39, 0.29) is 41.4 Å². The van der Waals surface area contributed by atoms with Crippen LogP contribution in [0.2, 0.25) is 0 Å². The average Bonchev–Trinajstić information content (AvgIpc) is 2.73. The monoisotopic (exact) mass is 442 g/mol. The summed E-state index contributed by atoms with van der Waals surface area (Å²) in [5, 5.41) is 9.43. The predicted octanol–water partition coefficient (Wildman–Crippen LogP) is 3.57. The highest BCUT2D eigenvalue weighted by Crippen LogP contribution is 2.24. The smallest absolute Gasteiger partial charge is 0.262 e. The Morgan fingerprint density at radius 3 is 2.39 bits per heavy atom. The zero-order chi connectivity index (χ0) is 22.4. The lowest BCUT2D eigenvalue weighted by Gasteiger charge is -2.23. The standard InChI is InChI=1S/C23H23FN2O4S/c1-17-15-19(24)11-12-22(17)31(29,30)25-21-10-6-5-9-20(21)23(28)26(13-14-27)16-18-7-3-2-4-8-18/h2-12,15,25,27H,13-14,16H2,1H3. The van der Waals surface area contributed by atoms with Gasteiger partial charge in [0, 0.05) is 13.1 Å². The Bertz CT molecular complexity index is 1170. The van der Waals surface area contributed by atoms with Crippen molar-refractivity contribution in [3.8, 4) is 0 Å². The molecule has 0 atom stereocenters. The normalized spacial score (nSPS) is 11.2. The van der Waals surface area contributed by atoms with Crippen molar-refractivity contribution in [3.05, 3.63) is 95.3 Å². The fourth-order valence-corrected chi connectivity index (χ4v) is 4.53. The molecule has 0 aromatic heterocycles. The molecule has 162 valence electrons. The minimum atomic E-state index is -4.05. The molecule has 1 amide bonds. The number of carbonyl (C=O) groups is 1. The number of hydrogen-bond acceptors (Lipinski definition) is 4. The number of aliphatic hydroxyl groups is 1. The van der Waals surface area contributed by atoms with E-state index in [1.807, 2.05) is 30.3 Å². The van der Waals surface area contributed by atoms with Crippen LogP contribution in [-0.2, 0) is 16.6 Å². The maximum Gasteiger partial charge on any atom is 0.262 e. The number of sulfonamides is 1. The molecule has 6 nitrogen and oxygen atoms in total. The van der Waals surface area contributed by atoms with Gasteiger partial charge in [-0.2, -0.15) is 0 Å². The van der Waals surface area contributed by atoms with Crippen LogP contribution in [0.3, 0.4) is 0 Å². The van der Waals surface area contributed by atoms with Gasteiger partial charge in [0.2, 0.25) is 0 Å². The van der Waals surface area contributed by atoms with Crippen molar-refractivity contribution in [1.82, 2.24) is 4.90 Å². The van der Waals surface area contributed by atoms with E-state index in [0.29, 0.717) is 0 Å². The predicted molar refractivity (Wildman–Crippen MR) is 117 cm³/mol. The first kappa shape index (κ1) is 22.5. The molecule has 3 rings (SSSR count). The number of aliphatic hydroxyl groups excluding tert-OH is 1. The van der Waals surface area contributed by atoms with Crippen molar-refractivity contribution >= 4 is 21.6 Å². The first-order chi connectivity index (χ1) is 14.8. The molecule has 0 spiro atoms. The van der Waals surface area contributed by atoms with Crippen LogP contribution < -0.4 is 4.72 Å². The number of nitrogens with one attached hydrogen (secondary N) is 1. The van der Waals surface area contributed by atoms with Gasteiger partial charge in [-0.15, -0.1) is 0 Å². The minimum absolute atomic E-state index is 0.0762.